The molecule has 1 aromatic carbocycles. The second-order valence-electron chi connectivity index (χ2n) is 12.4. The van der Waals surface area contributed by atoms with E-state index in [0.29, 0.717) is 54.8 Å². The number of anilines is 3. The summed E-state index contributed by atoms with van der Waals surface area (Å²) in [5, 5.41) is 8.47. The maximum atomic E-state index is 14.4. The molecule has 14 heteroatoms. The fraction of sp³-hybridized carbons (Fsp3) is 0.364. The third kappa shape index (κ3) is 6.75. The summed E-state index contributed by atoms with van der Waals surface area (Å²) < 4.78 is 24.0. The molecule has 0 aliphatic carbocycles. The van der Waals surface area contributed by atoms with E-state index in [4.69, 9.17) is 9.97 Å². The van der Waals surface area contributed by atoms with Gasteiger partial charge in [-0.15, -0.1) is 22.1 Å². The summed E-state index contributed by atoms with van der Waals surface area (Å²) in [4.78, 5) is 36.3. The molecular formula is C33H39N9O3S2. The highest BCUT2D eigenvalue weighted by Gasteiger charge is 2.29. The first kappa shape index (κ1) is 31.7. The number of nitrogens with zero attached hydrogens (tertiary/aromatic N) is 7. The van der Waals surface area contributed by atoms with Crippen molar-refractivity contribution in [1.82, 2.24) is 33.7 Å². The Hall–Kier alpha value is -3.92. The van der Waals surface area contributed by atoms with Crippen molar-refractivity contribution in [1.29, 1.82) is 0 Å². The Morgan fingerprint density at radius 2 is 1.70 bits per heavy atom. The minimum absolute atomic E-state index is 0.175. The van der Waals surface area contributed by atoms with E-state index < -0.39 is 10.8 Å². The van der Waals surface area contributed by atoms with Gasteiger partial charge < -0.3 is 15.5 Å². The zero-order valence-electron chi connectivity index (χ0n) is 26.6. The van der Waals surface area contributed by atoms with E-state index >= 15 is 0 Å². The van der Waals surface area contributed by atoms with E-state index in [9.17, 15) is 13.9 Å². The van der Waals surface area contributed by atoms with Crippen LogP contribution in [-0.2, 0) is 0 Å². The summed E-state index contributed by atoms with van der Waals surface area (Å²) in [6.45, 7) is 5.02. The molecule has 2 aliphatic heterocycles. The van der Waals surface area contributed by atoms with Crippen LogP contribution in [0.4, 0.5) is 17.3 Å². The first-order chi connectivity index (χ1) is 22.6. The Morgan fingerprint density at radius 3 is 2.38 bits per heavy atom. The average Bonchev–Trinajstić information content (AvgIpc) is 3.66. The smallest absolute Gasteiger partial charge is 0.261 e. The van der Waals surface area contributed by atoms with Crippen molar-refractivity contribution in [3.8, 4) is 21.8 Å². The molecule has 0 saturated carbocycles. The van der Waals surface area contributed by atoms with E-state index in [-0.39, 0.29) is 11.6 Å². The maximum absolute atomic E-state index is 14.4. The lowest BCUT2D eigenvalue weighted by atomic mass is 10.0. The standard InChI is InChI=1S/C33H39N9O3S2/c1-21-29(38-31(46-21)22-8-13-34-14-9-22)28-18-23-19-35-33(37-25-6-4-24(5-7-25)36-26-10-15-40(2)20-26)39-30(23)42(32(28)43)27-11-16-41(17-12-27)47(3,44)45/h4-9,13-14,18-19,26-27,36,44-45H,10-12,15-17,20H2,1-3H3,(H,35,37,39). The summed E-state index contributed by atoms with van der Waals surface area (Å²) in [5.74, 6) is 0.390. The van der Waals surface area contributed by atoms with Crippen LogP contribution in [0.25, 0.3) is 32.9 Å². The molecule has 7 rings (SSSR count). The summed E-state index contributed by atoms with van der Waals surface area (Å²) >= 11 is 1.54. The first-order valence-electron chi connectivity index (χ1n) is 15.7. The van der Waals surface area contributed by atoms with Gasteiger partial charge >= 0.3 is 0 Å². The molecule has 2 fully saturated rings. The van der Waals surface area contributed by atoms with Gasteiger partial charge in [-0.3, -0.25) is 23.5 Å². The Bertz CT molecular complexity index is 1940. The van der Waals surface area contributed by atoms with Gasteiger partial charge in [0.2, 0.25) is 5.95 Å². The number of rotatable bonds is 8. The quantitative estimate of drug-likeness (QED) is 0.152. The van der Waals surface area contributed by atoms with E-state index in [1.807, 2.05) is 49.4 Å². The number of nitrogens with one attached hydrogen (secondary N) is 2. The minimum Gasteiger partial charge on any atom is -0.381 e. The summed E-state index contributed by atoms with van der Waals surface area (Å²) in [6, 6.07) is 14.0. The topological polar surface area (TPSA) is 145 Å². The molecule has 0 spiro atoms. The molecule has 4 N–H and O–H groups in total. The van der Waals surface area contributed by atoms with E-state index in [1.165, 1.54) is 17.6 Å². The number of hydrogen-bond acceptors (Lipinski definition) is 12. The molecule has 2 saturated heterocycles. The zero-order valence-corrected chi connectivity index (χ0v) is 28.3. The number of fused-ring (bicyclic) bond motifs is 1. The maximum Gasteiger partial charge on any atom is 0.261 e. The van der Waals surface area contributed by atoms with Crippen LogP contribution in [0.3, 0.4) is 0 Å². The van der Waals surface area contributed by atoms with Crippen LogP contribution in [0, 0.1) is 6.92 Å². The molecule has 0 bridgehead atoms. The van der Waals surface area contributed by atoms with Crippen molar-refractivity contribution in [3.05, 3.63) is 76.3 Å². The highest BCUT2D eigenvalue weighted by molar-refractivity contribution is 8.21. The lowest BCUT2D eigenvalue weighted by Crippen LogP contribution is -2.39. The Balaban J connectivity index is 1.23. The van der Waals surface area contributed by atoms with Crippen LogP contribution < -0.4 is 16.2 Å². The number of benzene rings is 1. The van der Waals surface area contributed by atoms with Crippen molar-refractivity contribution in [2.24, 2.45) is 0 Å². The molecule has 6 heterocycles. The largest absolute Gasteiger partial charge is 0.381 e. The Kier molecular flexibility index (Phi) is 8.72. The van der Waals surface area contributed by atoms with Gasteiger partial charge in [-0.2, -0.15) is 4.98 Å². The van der Waals surface area contributed by atoms with Gasteiger partial charge in [-0.05, 0) is 82.2 Å². The van der Waals surface area contributed by atoms with E-state index in [1.54, 1.807) is 27.5 Å². The first-order valence-corrected chi connectivity index (χ1v) is 18.5. The number of likely N-dealkylation sites (tertiary alicyclic amines) is 1. The normalized spacial score (nSPS) is 18.5. The summed E-state index contributed by atoms with van der Waals surface area (Å²) in [7, 11) is -0.687. The minimum atomic E-state index is -2.83. The monoisotopic (exact) mass is 673 g/mol. The molecular weight excluding hydrogens is 635 g/mol. The van der Waals surface area contributed by atoms with Gasteiger partial charge in [0, 0.05) is 83.8 Å². The van der Waals surface area contributed by atoms with Crippen LogP contribution in [0.2, 0.25) is 0 Å². The fourth-order valence-electron chi connectivity index (χ4n) is 6.47. The summed E-state index contributed by atoms with van der Waals surface area (Å²) in [6.07, 6.45) is 8.92. The van der Waals surface area contributed by atoms with Crippen LogP contribution in [0.5, 0.6) is 0 Å². The number of aromatic nitrogens is 5. The summed E-state index contributed by atoms with van der Waals surface area (Å²) in [5.41, 5.74) is 4.34. The van der Waals surface area contributed by atoms with Crippen molar-refractivity contribution >= 4 is 50.5 Å². The van der Waals surface area contributed by atoms with Gasteiger partial charge in [0.25, 0.3) is 5.56 Å². The molecule has 1 unspecified atom stereocenters. The van der Waals surface area contributed by atoms with Gasteiger partial charge in [-0.1, -0.05) is 0 Å². The third-order valence-electron chi connectivity index (χ3n) is 8.93. The van der Waals surface area contributed by atoms with Gasteiger partial charge in [0.05, 0.1) is 11.3 Å². The van der Waals surface area contributed by atoms with Gasteiger partial charge in [0.1, 0.15) is 10.7 Å². The highest BCUT2D eigenvalue weighted by Crippen LogP contribution is 2.42. The Labute approximate surface area is 279 Å². The van der Waals surface area contributed by atoms with Crippen LogP contribution in [0.1, 0.15) is 30.2 Å². The molecule has 12 nitrogen and oxygen atoms in total. The average molecular weight is 674 g/mol. The zero-order chi connectivity index (χ0) is 32.7. The number of hydrogen-bond donors (Lipinski definition) is 4. The molecule has 5 aromatic rings. The SMILES string of the molecule is Cc1sc(-c2ccncc2)nc1-c1cc2cnc(Nc3ccc(NC4CCN(C)C4)cc3)nc2n(C2CCN(S(C)(O)O)CC2)c1=O. The molecule has 0 radical (unpaired) electrons. The number of piperidine rings is 1. The van der Waals surface area contributed by atoms with Gasteiger partial charge in [-0.25, -0.2) is 14.3 Å². The number of aryl methyl sites for hydroxylation is 1. The lowest BCUT2D eigenvalue weighted by molar-refractivity contribution is 0.254. The van der Waals surface area contributed by atoms with Crippen molar-refractivity contribution in [2.45, 2.75) is 38.3 Å². The molecule has 2 aliphatic rings. The number of likely N-dealkylation sites (N-methyl/N-ethyl adjacent to an activating group) is 1. The number of pyridine rings is 2. The molecule has 1 atom stereocenters. The lowest BCUT2D eigenvalue weighted by Gasteiger charge is -2.43. The Morgan fingerprint density at radius 1 is 0.979 bits per heavy atom. The fourth-order valence-corrected chi connectivity index (χ4v) is 8.30. The van der Waals surface area contributed by atoms with Crippen molar-refractivity contribution < 1.29 is 9.11 Å². The van der Waals surface area contributed by atoms with Crippen LogP contribution in [0.15, 0.2) is 65.8 Å². The van der Waals surface area contributed by atoms with E-state index in [0.717, 1.165) is 51.7 Å². The molecule has 0 amide bonds. The molecule has 246 valence electrons. The molecule has 47 heavy (non-hydrogen) atoms. The molecule has 4 aromatic heterocycles. The van der Waals surface area contributed by atoms with Crippen LogP contribution >= 0.6 is 22.1 Å². The predicted octanol–water partition coefficient (Wildman–Crippen LogP) is 6.08. The second kappa shape index (κ2) is 12.9. The highest BCUT2D eigenvalue weighted by atomic mass is 32.3. The second-order valence-corrected chi connectivity index (χ2v) is 15.7. The van der Waals surface area contributed by atoms with Crippen molar-refractivity contribution in [3.63, 3.8) is 0 Å². The predicted molar refractivity (Wildman–Crippen MR) is 191 cm³/mol. The number of thiazole rings is 1. The van der Waals surface area contributed by atoms with Crippen LogP contribution in [-0.4, -0.2) is 88.3 Å². The van der Waals surface area contributed by atoms with Crippen molar-refractivity contribution in [2.75, 3.05) is 50.1 Å². The van der Waals surface area contributed by atoms with Gasteiger partial charge in [0.15, 0.2) is 0 Å². The van der Waals surface area contributed by atoms with E-state index in [2.05, 4.69) is 32.5 Å². The third-order valence-corrected chi connectivity index (χ3v) is 11.3.